The second kappa shape index (κ2) is 5.03. The van der Waals surface area contributed by atoms with Crippen LogP contribution >= 0.6 is 0 Å². The fourth-order valence-electron chi connectivity index (χ4n) is 1.74. The average Bonchev–Trinajstić information content (AvgIpc) is 2.94. The molecule has 19 heavy (non-hydrogen) atoms. The van der Waals surface area contributed by atoms with Crippen molar-refractivity contribution in [1.29, 1.82) is 0 Å². The number of ether oxygens (including phenoxy) is 1. The van der Waals surface area contributed by atoms with E-state index < -0.39 is 24.2 Å². The Hall–Kier alpha value is -1.84. The predicted molar refractivity (Wildman–Crippen MR) is 53.7 cm³/mol. The number of primary amides is 1. The SMILES string of the molecule is NC(=O)NCC1CCC(c2noc(C(F)(F)F)n2)O1. The summed E-state index contributed by atoms with van der Waals surface area (Å²) in [6, 6.07) is -0.689. The van der Waals surface area contributed by atoms with E-state index in [1.54, 1.807) is 0 Å². The number of urea groups is 1. The molecule has 0 aromatic carbocycles. The van der Waals surface area contributed by atoms with Crippen LogP contribution in [0.5, 0.6) is 0 Å². The van der Waals surface area contributed by atoms with Gasteiger partial charge in [0.2, 0.25) is 5.82 Å². The van der Waals surface area contributed by atoms with Crippen molar-refractivity contribution in [3.8, 4) is 0 Å². The molecule has 2 unspecified atom stereocenters. The van der Waals surface area contributed by atoms with Gasteiger partial charge in [0.1, 0.15) is 6.10 Å². The maximum Gasteiger partial charge on any atom is 0.471 e. The molecule has 0 spiro atoms. The van der Waals surface area contributed by atoms with Crippen molar-refractivity contribution in [2.75, 3.05) is 6.54 Å². The fourth-order valence-corrected chi connectivity index (χ4v) is 1.74. The van der Waals surface area contributed by atoms with Gasteiger partial charge in [-0.15, -0.1) is 0 Å². The van der Waals surface area contributed by atoms with E-state index in [1.807, 2.05) is 0 Å². The lowest BCUT2D eigenvalue weighted by Gasteiger charge is -2.11. The quantitative estimate of drug-likeness (QED) is 0.858. The Morgan fingerprint density at radius 1 is 1.47 bits per heavy atom. The van der Waals surface area contributed by atoms with Gasteiger partial charge >= 0.3 is 18.1 Å². The molecule has 0 bridgehead atoms. The number of rotatable bonds is 3. The molecular formula is C9H11F3N4O3. The van der Waals surface area contributed by atoms with Crippen LogP contribution in [0.15, 0.2) is 4.52 Å². The van der Waals surface area contributed by atoms with E-state index in [1.165, 1.54) is 0 Å². The van der Waals surface area contributed by atoms with E-state index in [-0.39, 0.29) is 18.5 Å². The number of nitrogens with zero attached hydrogens (tertiary/aromatic N) is 2. The number of carbonyl (C=O) groups excluding carboxylic acids is 1. The lowest BCUT2D eigenvalue weighted by atomic mass is 10.2. The molecule has 0 radical (unpaired) electrons. The molecule has 1 saturated heterocycles. The second-order valence-corrected chi connectivity index (χ2v) is 4.02. The minimum absolute atomic E-state index is 0.145. The van der Waals surface area contributed by atoms with Gasteiger partial charge < -0.3 is 20.3 Å². The predicted octanol–water partition coefficient (Wildman–Crippen LogP) is 0.977. The van der Waals surface area contributed by atoms with Crippen molar-refractivity contribution in [2.45, 2.75) is 31.2 Å². The molecule has 1 aliphatic heterocycles. The van der Waals surface area contributed by atoms with Crippen LogP contribution in [-0.4, -0.2) is 28.8 Å². The smallest absolute Gasteiger partial charge is 0.365 e. The first kappa shape index (κ1) is 13.6. The Morgan fingerprint density at radius 2 is 2.21 bits per heavy atom. The summed E-state index contributed by atoms with van der Waals surface area (Å²) in [6.07, 6.45) is -4.66. The molecule has 3 N–H and O–H groups in total. The van der Waals surface area contributed by atoms with Gasteiger partial charge in [0.15, 0.2) is 0 Å². The van der Waals surface area contributed by atoms with Crippen LogP contribution in [0.25, 0.3) is 0 Å². The number of carbonyl (C=O) groups is 1. The summed E-state index contributed by atoms with van der Waals surface area (Å²) >= 11 is 0. The first-order valence-electron chi connectivity index (χ1n) is 5.46. The van der Waals surface area contributed by atoms with Crippen LogP contribution in [0.4, 0.5) is 18.0 Å². The summed E-state index contributed by atoms with van der Waals surface area (Å²) < 4.78 is 46.3. The molecule has 0 saturated carbocycles. The third-order valence-corrected chi connectivity index (χ3v) is 2.58. The number of hydrogen-bond donors (Lipinski definition) is 2. The lowest BCUT2D eigenvalue weighted by Crippen LogP contribution is -2.35. The summed E-state index contributed by atoms with van der Waals surface area (Å²) in [5.41, 5.74) is 4.90. The standard InChI is InChI=1S/C9H11F3N4O3/c10-9(11,12)7-15-6(16-19-7)5-2-1-4(18-5)3-14-8(13)17/h4-5H,1-3H2,(H3,13,14,17). The highest BCUT2D eigenvalue weighted by atomic mass is 19.4. The number of halogens is 3. The number of alkyl halides is 3. The van der Waals surface area contributed by atoms with Crippen molar-refractivity contribution < 1.29 is 27.2 Å². The maximum absolute atomic E-state index is 12.3. The monoisotopic (exact) mass is 280 g/mol. The first-order valence-corrected chi connectivity index (χ1v) is 5.46. The van der Waals surface area contributed by atoms with Crippen molar-refractivity contribution in [3.05, 3.63) is 11.7 Å². The number of nitrogens with two attached hydrogens (primary N) is 1. The number of nitrogens with one attached hydrogen (secondary N) is 1. The molecule has 2 heterocycles. The van der Waals surface area contributed by atoms with Crippen LogP contribution in [0.3, 0.4) is 0 Å². The topological polar surface area (TPSA) is 103 Å². The molecule has 2 atom stereocenters. The summed E-state index contributed by atoms with van der Waals surface area (Å²) in [5.74, 6) is -1.54. The lowest BCUT2D eigenvalue weighted by molar-refractivity contribution is -0.159. The van der Waals surface area contributed by atoms with Gasteiger partial charge in [-0.2, -0.15) is 18.2 Å². The highest BCUT2D eigenvalue weighted by molar-refractivity contribution is 5.71. The molecule has 1 aromatic rings. The van der Waals surface area contributed by atoms with Gasteiger partial charge in [-0.1, -0.05) is 5.16 Å². The third-order valence-electron chi connectivity index (χ3n) is 2.58. The summed E-state index contributed by atoms with van der Waals surface area (Å²) in [7, 11) is 0. The van der Waals surface area contributed by atoms with E-state index in [2.05, 4.69) is 20.0 Å². The number of amides is 2. The Balaban J connectivity index is 1.93. The van der Waals surface area contributed by atoms with Crippen molar-refractivity contribution in [3.63, 3.8) is 0 Å². The van der Waals surface area contributed by atoms with Gasteiger partial charge in [0.25, 0.3) is 0 Å². The summed E-state index contributed by atoms with van der Waals surface area (Å²) in [5, 5.41) is 5.61. The van der Waals surface area contributed by atoms with E-state index in [0.29, 0.717) is 12.8 Å². The summed E-state index contributed by atoms with van der Waals surface area (Å²) in [4.78, 5) is 13.8. The van der Waals surface area contributed by atoms with E-state index in [9.17, 15) is 18.0 Å². The van der Waals surface area contributed by atoms with Gasteiger partial charge in [-0.05, 0) is 12.8 Å². The van der Waals surface area contributed by atoms with Crippen LogP contribution in [-0.2, 0) is 10.9 Å². The fraction of sp³-hybridized carbons (Fsp3) is 0.667. The number of aromatic nitrogens is 2. The third kappa shape index (κ3) is 3.34. The van der Waals surface area contributed by atoms with Gasteiger partial charge in [-0.3, -0.25) is 0 Å². The Morgan fingerprint density at radius 3 is 2.79 bits per heavy atom. The molecule has 2 rings (SSSR count). The van der Waals surface area contributed by atoms with Gasteiger partial charge in [0, 0.05) is 6.54 Å². The highest BCUT2D eigenvalue weighted by Crippen LogP contribution is 2.33. The largest absolute Gasteiger partial charge is 0.471 e. The van der Waals surface area contributed by atoms with Crippen molar-refractivity contribution in [2.24, 2.45) is 5.73 Å². The molecule has 1 aromatic heterocycles. The van der Waals surface area contributed by atoms with Gasteiger partial charge in [-0.25, -0.2) is 4.79 Å². The van der Waals surface area contributed by atoms with Crippen LogP contribution in [0, 0.1) is 0 Å². The van der Waals surface area contributed by atoms with Gasteiger partial charge in [0.05, 0.1) is 6.10 Å². The van der Waals surface area contributed by atoms with E-state index >= 15 is 0 Å². The summed E-state index contributed by atoms with van der Waals surface area (Å²) in [6.45, 7) is 0.190. The minimum Gasteiger partial charge on any atom is -0.365 e. The average molecular weight is 280 g/mol. The Kier molecular flexibility index (Phi) is 3.60. The first-order chi connectivity index (χ1) is 8.86. The number of hydrogen-bond acceptors (Lipinski definition) is 5. The molecule has 0 aliphatic carbocycles. The molecule has 1 fully saturated rings. The van der Waals surface area contributed by atoms with E-state index in [0.717, 1.165) is 0 Å². The zero-order valence-electron chi connectivity index (χ0n) is 9.61. The van der Waals surface area contributed by atoms with Crippen LogP contribution in [0.1, 0.15) is 30.7 Å². The normalized spacial score (nSPS) is 23.5. The molecule has 1 aliphatic rings. The molecule has 2 amide bonds. The second-order valence-electron chi connectivity index (χ2n) is 4.02. The maximum atomic E-state index is 12.3. The Bertz CT molecular complexity index is 462. The Labute approximate surface area is 105 Å². The minimum atomic E-state index is -4.67. The molecule has 106 valence electrons. The molecule has 7 nitrogen and oxygen atoms in total. The zero-order chi connectivity index (χ0) is 14.0. The highest BCUT2D eigenvalue weighted by Gasteiger charge is 2.40. The van der Waals surface area contributed by atoms with Crippen molar-refractivity contribution in [1.82, 2.24) is 15.5 Å². The molecular weight excluding hydrogens is 269 g/mol. The molecule has 10 heteroatoms. The van der Waals surface area contributed by atoms with Crippen LogP contribution < -0.4 is 11.1 Å². The van der Waals surface area contributed by atoms with E-state index in [4.69, 9.17) is 10.5 Å². The zero-order valence-corrected chi connectivity index (χ0v) is 9.61. The van der Waals surface area contributed by atoms with Crippen LogP contribution in [0.2, 0.25) is 0 Å². The van der Waals surface area contributed by atoms with Crippen molar-refractivity contribution >= 4 is 6.03 Å².